The van der Waals surface area contributed by atoms with Gasteiger partial charge in [-0.2, -0.15) is 4.98 Å². The van der Waals surface area contributed by atoms with Gasteiger partial charge < -0.3 is 15.2 Å². The van der Waals surface area contributed by atoms with Crippen molar-refractivity contribution in [3.63, 3.8) is 0 Å². The summed E-state index contributed by atoms with van der Waals surface area (Å²) in [6.07, 6.45) is 0. The number of ether oxygens (including phenoxy) is 2. The van der Waals surface area contributed by atoms with E-state index in [2.05, 4.69) is 9.97 Å². The fourth-order valence-corrected chi connectivity index (χ4v) is 1.67. The molecule has 5 nitrogen and oxygen atoms in total. The van der Waals surface area contributed by atoms with Crippen LogP contribution in [0.3, 0.4) is 0 Å². The Hall–Kier alpha value is -2.14. The lowest BCUT2D eigenvalue weighted by Gasteiger charge is -2.10. The van der Waals surface area contributed by atoms with Crippen molar-refractivity contribution >= 4 is 5.82 Å². The van der Waals surface area contributed by atoms with E-state index in [4.69, 9.17) is 15.2 Å². The van der Waals surface area contributed by atoms with Crippen LogP contribution in [-0.4, -0.2) is 17.1 Å². The summed E-state index contributed by atoms with van der Waals surface area (Å²) in [5.74, 6) is 2.06. The van der Waals surface area contributed by atoms with Gasteiger partial charge in [0.2, 0.25) is 5.88 Å². The van der Waals surface area contributed by atoms with Crippen LogP contribution in [0, 0.1) is 13.8 Å². The van der Waals surface area contributed by atoms with Gasteiger partial charge in [-0.05, 0) is 31.0 Å². The van der Waals surface area contributed by atoms with Crippen LogP contribution in [0.15, 0.2) is 24.3 Å². The van der Waals surface area contributed by atoms with Gasteiger partial charge in [0, 0.05) is 13.2 Å². The molecule has 2 rings (SSSR count). The van der Waals surface area contributed by atoms with Crippen molar-refractivity contribution in [2.75, 3.05) is 12.8 Å². The maximum Gasteiger partial charge on any atom is 0.224 e. The second-order valence-corrected chi connectivity index (χ2v) is 4.35. The number of benzene rings is 1. The molecule has 1 aromatic carbocycles. The van der Waals surface area contributed by atoms with Crippen molar-refractivity contribution in [3.8, 4) is 11.6 Å². The second kappa shape index (κ2) is 5.67. The minimum Gasteiger partial charge on any atom is -0.439 e. The zero-order valence-corrected chi connectivity index (χ0v) is 11.3. The Morgan fingerprint density at radius 3 is 2.68 bits per heavy atom. The Bertz CT molecular complexity index is 585. The van der Waals surface area contributed by atoms with Gasteiger partial charge in [-0.25, -0.2) is 4.98 Å². The Balaban J connectivity index is 2.29. The molecular weight excluding hydrogens is 242 g/mol. The number of aryl methyl sites for hydroxylation is 2. The first-order valence-corrected chi connectivity index (χ1v) is 5.96. The van der Waals surface area contributed by atoms with Crippen molar-refractivity contribution < 1.29 is 9.47 Å². The normalized spacial score (nSPS) is 10.5. The summed E-state index contributed by atoms with van der Waals surface area (Å²) in [7, 11) is 1.58. The van der Waals surface area contributed by atoms with Gasteiger partial charge in [-0.15, -0.1) is 0 Å². The minimum atomic E-state index is 0.300. The summed E-state index contributed by atoms with van der Waals surface area (Å²) in [6.45, 7) is 4.29. The number of nitrogens with zero attached hydrogens (tertiary/aromatic N) is 2. The molecule has 0 atom stereocenters. The number of methoxy groups -OCH3 is 1. The number of aromatic nitrogens is 2. The van der Waals surface area contributed by atoms with Crippen LogP contribution in [0.4, 0.5) is 5.82 Å². The van der Waals surface area contributed by atoms with Gasteiger partial charge in [-0.3, -0.25) is 0 Å². The van der Waals surface area contributed by atoms with E-state index in [0.717, 1.165) is 16.9 Å². The summed E-state index contributed by atoms with van der Waals surface area (Å²) in [5, 5.41) is 0. The van der Waals surface area contributed by atoms with Crippen LogP contribution in [0.25, 0.3) is 0 Å². The summed E-state index contributed by atoms with van der Waals surface area (Å²) >= 11 is 0. The molecule has 0 unspecified atom stereocenters. The number of hydrogen-bond acceptors (Lipinski definition) is 5. The van der Waals surface area contributed by atoms with Crippen LogP contribution in [0.2, 0.25) is 0 Å². The number of hydrogen-bond donors (Lipinski definition) is 1. The first kappa shape index (κ1) is 13.3. The molecule has 0 aliphatic carbocycles. The third kappa shape index (κ3) is 3.42. The molecule has 0 fully saturated rings. The van der Waals surface area contributed by atoms with E-state index in [9.17, 15) is 0 Å². The molecule has 0 saturated heterocycles. The fraction of sp³-hybridized carbons (Fsp3) is 0.286. The monoisotopic (exact) mass is 259 g/mol. The van der Waals surface area contributed by atoms with Crippen LogP contribution in [-0.2, 0) is 11.3 Å². The Labute approximate surface area is 112 Å². The highest BCUT2D eigenvalue weighted by Gasteiger charge is 2.07. The standard InChI is InChI=1S/C14H17N3O2/c1-9-4-5-10(2)11(6-9)19-14-7-12(15)16-13(17-14)8-18-3/h4-7H,8H2,1-3H3,(H2,15,16,17). The zero-order chi connectivity index (χ0) is 13.8. The van der Waals surface area contributed by atoms with Crippen LogP contribution in [0.5, 0.6) is 11.6 Å². The first-order chi connectivity index (χ1) is 9.08. The molecule has 5 heteroatoms. The second-order valence-electron chi connectivity index (χ2n) is 4.35. The smallest absolute Gasteiger partial charge is 0.224 e. The molecule has 1 aromatic heterocycles. The topological polar surface area (TPSA) is 70.3 Å². The average Bonchev–Trinajstić information content (AvgIpc) is 2.33. The SMILES string of the molecule is COCc1nc(N)cc(Oc2cc(C)ccc2C)n1. The van der Waals surface area contributed by atoms with Crippen molar-refractivity contribution in [1.29, 1.82) is 0 Å². The molecule has 2 N–H and O–H groups in total. The predicted molar refractivity (Wildman–Crippen MR) is 73.1 cm³/mol. The molecule has 0 spiro atoms. The molecule has 1 heterocycles. The number of rotatable bonds is 4. The Morgan fingerprint density at radius 1 is 1.16 bits per heavy atom. The molecule has 100 valence electrons. The van der Waals surface area contributed by atoms with Gasteiger partial charge in [-0.1, -0.05) is 12.1 Å². The van der Waals surface area contributed by atoms with E-state index < -0.39 is 0 Å². The minimum absolute atomic E-state index is 0.300. The molecule has 0 aliphatic heterocycles. The van der Waals surface area contributed by atoms with E-state index in [1.54, 1.807) is 13.2 Å². The van der Waals surface area contributed by atoms with Crippen LogP contribution in [0.1, 0.15) is 17.0 Å². The molecule has 0 amide bonds. The van der Waals surface area contributed by atoms with Crippen molar-refractivity contribution in [2.24, 2.45) is 0 Å². The molecular formula is C14H17N3O2. The van der Waals surface area contributed by atoms with Crippen molar-refractivity contribution in [1.82, 2.24) is 9.97 Å². The third-order valence-electron chi connectivity index (χ3n) is 2.60. The highest BCUT2D eigenvalue weighted by atomic mass is 16.5. The fourth-order valence-electron chi connectivity index (χ4n) is 1.67. The quantitative estimate of drug-likeness (QED) is 0.913. The summed E-state index contributed by atoms with van der Waals surface area (Å²) in [5.41, 5.74) is 7.89. The van der Waals surface area contributed by atoms with Gasteiger partial charge in [0.25, 0.3) is 0 Å². The lowest BCUT2D eigenvalue weighted by atomic mass is 10.1. The number of nitrogen functional groups attached to an aromatic ring is 1. The van der Waals surface area contributed by atoms with Gasteiger partial charge in [0.05, 0.1) is 0 Å². The van der Waals surface area contributed by atoms with E-state index >= 15 is 0 Å². The Kier molecular flexibility index (Phi) is 3.97. The Morgan fingerprint density at radius 2 is 1.95 bits per heavy atom. The van der Waals surface area contributed by atoms with E-state index in [-0.39, 0.29) is 0 Å². The predicted octanol–water partition coefficient (Wildman–Crippen LogP) is 2.61. The van der Waals surface area contributed by atoms with Gasteiger partial charge in [0.15, 0.2) is 5.82 Å². The molecule has 0 aliphatic rings. The van der Waals surface area contributed by atoms with Gasteiger partial charge in [0.1, 0.15) is 18.2 Å². The molecule has 0 radical (unpaired) electrons. The zero-order valence-electron chi connectivity index (χ0n) is 11.3. The van der Waals surface area contributed by atoms with Crippen LogP contribution < -0.4 is 10.5 Å². The lowest BCUT2D eigenvalue weighted by Crippen LogP contribution is -2.02. The molecule has 0 saturated carbocycles. The van der Waals surface area contributed by atoms with E-state index in [0.29, 0.717) is 24.1 Å². The molecule has 19 heavy (non-hydrogen) atoms. The lowest BCUT2D eigenvalue weighted by molar-refractivity contribution is 0.177. The number of nitrogens with two attached hydrogens (primary N) is 1. The third-order valence-corrected chi connectivity index (χ3v) is 2.60. The average molecular weight is 259 g/mol. The van der Waals surface area contributed by atoms with E-state index in [1.807, 2.05) is 32.0 Å². The van der Waals surface area contributed by atoms with Crippen molar-refractivity contribution in [2.45, 2.75) is 20.5 Å². The van der Waals surface area contributed by atoms with Crippen molar-refractivity contribution in [3.05, 3.63) is 41.2 Å². The van der Waals surface area contributed by atoms with E-state index in [1.165, 1.54) is 0 Å². The maximum absolute atomic E-state index is 5.77. The first-order valence-electron chi connectivity index (χ1n) is 5.96. The van der Waals surface area contributed by atoms with Crippen LogP contribution >= 0.6 is 0 Å². The largest absolute Gasteiger partial charge is 0.439 e. The molecule has 2 aromatic rings. The van der Waals surface area contributed by atoms with Gasteiger partial charge >= 0.3 is 0 Å². The maximum atomic E-state index is 5.77. The number of anilines is 1. The molecule has 0 bridgehead atoms. The highest BCUT2D eigenvalue weighted by Crippen LogP contribution is 2.25. The summed E-state index contributed by atoms with van der Waals surface area (Å²) in [4.78, 5) is 8.32. The summed E-state index contributed by atoms with van der Waals surface area (Å²) < 4.78 is 10.8. The highest BCUT2D eigenvalue weighted by molar-refractivity contribution is 5.40. The summed E-state index contributed by atoms with van der Waals surface area (Å²) in [6, 6.07) is 7.60.